The van der Waals surface area contributed by atoms with Gasteiger partial charge in [0.1, 0.15) is 6.04 Å². The lowest BCUT2D eigenvalue weighted by molar-refractivity contribution is -0.136. The fraction of sp³-hybridized carbons (Fsp3) is 0.263. The predicted molar refractivity (Wildman–Crippen MR) is 107 cm³/mol. The first-order valence-electron chi connectivity index (χ1n) is 8.60. The largest absolute Gasteiger partial charge is 0.481 e. The normalized spacial score (nSPS) is 12.4. The van der Waals surface area contributed by atoms with Crippen molar-refractivity contribution in [1.29, 1.82) is 0 Å². The summed E-state index contributed by atoms with van der Waals surface area (Å²) in [6.07, 6.45) is 0.794. The zero-order chi connectivity index (χ0) is 20.7. The summed E-state index contributed by atoms with van der Waals surface area (Å²) in [5.41, 5.74) is 1.05. The molecule has 9 heteroatoms. The topological polar surface area (TPSA) is 113 Å². The van der Waals surface area contributed by atoms with Crippen LogP contribution in [-0.4, -0.2) is 31.4 Å². The molecule has 2 aromatic rings. The number of amides is 1. The third kappa shape index (κ3) is 6.33. The Hall–Kier alpha value is -2.42. The van der Waals surface area contributed by atoms with Crippen molar-refractivity contribution in [3.05, 3.63) is 59.1 Å². The van der Waals surface area contributed by atoms with E-state index in [0.717, 1.165) is 0 Å². The number of anilines is 1. The first-order valence-corrected chi connectivity index (χ1v) is 10.5. The van der Waals surface area contributed by atoms with Crippen LogP contribution in [0.4, 0.5) is 5.69 Å². The molecule has 0 radical (unpaired) electrons. The molecule has 1 atom stereocenters. The summed E-state index contributed by atoms with van der Waals surface area (Å²) in [6, 6.07) is 11.0. The summed E-state index contributed by atoms with van der Waals surface area (Å²) in [7, 11) is -3.89. The van der Waals surface area contributed by atoms with Gasteiger partial charge < -0.3 is 10.4 Å². The third-order valence-electron chi connectivity index (χ3n) is 3.89. The molecule has 0 aromatic heterocycles. The number of carbonyl (C=O) groups excluding carboxylic acids is 1. The van der Waals surface area contributed by atoms with E-state index < -0.39 is 27.9 Å². The van der Waals surface area contributed by atoms with Crippen LogP contribution < -0.4 is 10.0 Å². The number of carboxylic acid groups (broad SMARTS) is 1. The molecular weight excluding hydrogens is 404 g/mol. The molecule has 1 amide bonds. The minimum Gasteiger partial charge on any atom is -0.481 e. The fourth-order valence-electron chi connectivity index (χ4n) is 2.51. The molecule has 0 heterocycles. The number of hydrogen-bond donors (Lipinski definition) is 3. The van der Waals surface area contributed by atoms with Crippen LogP contribution in [0.2, 0.25) is 5.02 Å². The first-order chi connectivity index (χ1) is 13.2. The zero-order valence-corrected chi connectivity index (χ0v) is 16.8. The molecule has 0 saturated carbocycles. The molecule has 0 aliphatic heterocycles. The first kappa shape index (κ1) is 21.9. The predicted octanol–water partition coefficient (Wildman–Crippen LogP) is 3.05. The number of aliphatic carboxylic acids is 1. The SMILES string of the molecule is CCC[C@H](NS(=O)(=O)c1ccc(Cl)cc1)C(=O)Nc1ccc(CC(=O)O)cc1. The summed E-state index contributed by atoms with van der Waals surface area (Å²) >= 11 is 5.78. The molecule has 150 valence electrons. The standard InChI is InChI=1S/C19H21ClN2O5S/c1-2-3-17(22-28(26,27)16-10-6-14(20)7-11-16)19(25)21-15-8-4-13(5-9-15)12-18(23)24/h4-11,17,22H,2-3,12H2,1H3,(H,21,25)(H,23,24)/t17-/m0/s1. The Labute approximate surface area is 168 Å². The quantitative estimate of drug-likeness (QED) is 0.572. The van der Waals surface area contributed by atoms with Gasteiger partial charge in [0.15, 0.2) is 0 Å². The summed E-state index contributed by atoms with van der Waals surface area (Å²) < 4.78 is 27.5. The summed E-state index contributed by atoms with van der Waals surface area (Å²) in [6.45, 7) is 1.84. The van der Waals surface area contributed by atoms with Crippen molar-refractivity contribution >= 4 is 39.2 Å². The molecule has 0 aliphatic rings. The van der Waals surface area contributed by atoms with Gasteiger partial charge in [0.05, 0.1) is 11.3 Å². The number of hydrogen-bond acceptors (Lipinski definition) is 4. The highest BCUT2D eigenvalue weighted by atomic mass is 35.5. The van der Waals surface area contributed by atoms with Crippen LogP contribution in [0, 0.1) is 0 Å². The Balaban J connectivity index is 2.10. The van der Waals surface area contributed by atoms with E-state index in [1.54, 1.807) is 24.3 Å². The number of benzene rings is 2. The van der Waals surface area contributed by atoms with E-state index in [1.807, 2.05) is 6.92 Å². The van der Waals surface area contributed by atoms with Crippen molar-refractivity contribution in [2.75, 3.05) is 5.32 Å². The maximum Gasteiger partial charge on any atom is 0.307 e. The van der Waals surface area contributed by atoms with Gasteiger partial charge in [-0.15, -0.1) is 0 Å². The second-order valence-corrected chi connectivity index (χ2v) is 8.32. The van der Waals surface area contributed by atoms with Crippen molar-refractivity contribution in [3.63, 3.8) is 0 Å². The number of sulfonamides is 1. The highest BCUT2D eigenvalue weighted by molar-refractivity contribution is 7.89. The highest BCUT2D eigenvalue weighted by Crippen LogP contribution is 2.16. The number of rotatable bonds is 9. The lowest BCUT2D eigenvalue weighted by atomic mass is 10.1. The Morgan fingerprint density at radius 1 is 1.07 bits per heavy atom. The molecule has 28 heavy (non-hydrogen) atoms. The lowest BCUT2D eigenvalue weighted by Crippen LogP contribution is -2.43. The molecule has 0 unspecified atom stereocenters. The molecule has 3 N–H and O–H groups in total. The van der Waals surface area contributed by atoms with Gasteiger partial charge in [-0.2, -0.15) is 4.72 Å². The van der Waals surface area contributed by atoms with E-state index in [4.69, 9.17) is 16.7 Å². The van der Waals surface area contributed by atoms with E-state index in [9.17, 15) is 18.0 Å². The summed E-state index contributed by atoms with van der Waals surface area (Å²) in [5, 5.41) is 11.9. The van der Waals surface area contributed by atoms with Gasteiger partial charge in [0.25, 0.3) is 0 Å². The van der Waals surface area contributed by atoms with Crippen LogP contribution >= 0.6 is 11.6 Å². The lowest BCUT2D eigenvalue weighted by Gasteiger charge is -2.18. The van der Waals surface area contributed by atoms with Crippen LogP contribution in [0.1, 0.15) is 25.3 Å². The van der Waals surface area contributed by atoms with Crippen molar-refractivity contribution < 1.29 is 23.1 Å². The van der Waals surface area contributed by atoms with Gasteiger partial charge in [-0.05, 0) is 48.4 Å². The Kier molecular flexibility index (Phi) is 7.56. The fourth-order valence-corrected chi connectivity index (χ4v) is 3.87. The highest BCUT2D eigenvalue weighted by Gasteiger charge is 2.25. The molecule has 7 nitrogen and oxygen atoms in total. The molecule has 2 aromatic carbocycles. The van der Waals surface area contributed by atoms with Gasteiger partial charge in [0.2, 0.25) is 15.9 Å². The minimum atomic E-state index is -3.89. The van der Waals surface area contributed by atoms with Crippen LogP contribution in [0.25, 0.3) is 0 Å². The summed E-state index contributed by atoms with van der Waals surface area (Å²) in [4.78, 5) is 23.3. The Bertz CT molecular complexity index is 928. The number of halogens is 1. The maximum absolute atomic E-state index is 12.6. The van der Waals surface area contributed by atoms with Crippen LogP contribution in [0.5, 0.6) is 0 Å². The molecule has 0 bridgehead atoms. The number of carbonyl (C=O) groups is 2. The van der Waals surface area contributed by atoms with E-state index in [-0.39, 0.29) is 11.3 Å². The van der Waals surface area contributed by atoms with Gasteiger partial charge in [-0.25, -0.2) is 8.42 Å². The third-order valence-corrected chi connectivity index (χ3v) is 5.63. The van der Waals surface area contributed by atoms with Crippen molar-refractivity contribution in [3.8, 4) is 0 Å². The average molecular weight is 425 g/mol. The molecule has 0 aliphatic carbocycles. The maximum atomic E-state index is 12.6. The second-order valence-electron chi connectivity index (χ2n) is 6.17. The van der Waals surface area contributed by atoms with Crippen molar-refractivity contribution in [2.45, 2.75) is 37.1 Å². The number of nitrogens with one attached hydrogen (secondary N) is 2. The van der Waals surface area contributed by atoms with Gasteiger partial charge in [-0.1, -0.05) is 37.1 Å². The van der Waals surface area contributed by atoms with Crippen LogP contribution in [-0.2, 0) is 26.0 Å². The molecule has 0 spiro atoms. The molecule has 2 rings (SSSR count). The van der Waals surface area contributed by atoms with E-state index >= 15 is 0 Å². The molecule has 0 saturated heterocycles. The summed E-state index contributed by atoms with van der Waals surface area (Å²) in [5.74, 6) is -1.44. The Morgan fingerprint density at radius 2 is 1.68 bits per heavy atom. The van der Waals surface area contributed by atoms with Gasteiger partial charge in [-0.3, -0.25) is 9.59 Å². The van der Waals surface area contributed by atoms with E-state index in [0.29, 0.717) is 29.1 Å². The smallest absolute Gasteiger partial charge is 0.307 e. The zero-order valence-electron chi connectivity index (χ0n) is 15.2. The Morgan fingerprint density at radius 3 is 2.21 bits per heavy atom. The van der Waals surface area contributed by atoms with Crippen LogP contribution in [0.3, 0.4) is 0 Å². The minimum absolute atomic E-state index is 0.0174. The molecule has 0 fully saturated rings. The van der Waals surface area contributed by atoms with Crippen LogP contribution in [0.15, 0.2) is 53.4 Å². The van der Waals surface area contributed by atoms with Gasteiger partial charge in [0, 0.05) is 10.7 Å². The molecular formula is C19H21ClN2O5S. The average Bonchev–Trinajstić information content (AvgIpc) is 2.63. The van der Waals surface area contributed by atoms with Crippen molar-refractivity contribution in [2.24, 2.45) is 0 Å². The second kappa shape index (κ2) is 9.68. The van der Waals surface area contributed by atoms with Gasteiger partial charge >= 0.3 is 5.97 Å². The van der Waals surface area contributed by atoms with E-state index in [1.165, 1.54) is 24.3 Å². The van der Waals surface area contributed by atoms with Crippen molar-refractivity contribution in [1.82, 2.24) is 4.72 Å². The number of carboxylic acids is 1. The monoisotopic (exact) mass is 424 g/mol. The van der Waals surface area contributed by atoms with E-state index in [2.05, 4.69) is 10.0 Å².